The van der Waals surface area contributed by atoms with Gasteiger partial charge >= 0.3 is 0 Å². The highest BCUT2D eigenvalue weighted by atomic mass is 35.7. The van der Waals surface area contributed by atoms with Crippen LogP contribution in [0.25, 0.3) is 0 Å². The van der Waals surface area contributed by atoms with Gasteiger partial charge in [0.15, 0.2) is 5.82 Å². The summed E-state index contributed by atoms with van der Waals surface area (Å²) in [6, 6.07) is 0. The fourth-order valence-corrected chi connectivity index (χ4v) is 3.24. The van der Waals surface area contributed by atoms with Crippen molar-refractivity contribution < 1.29 is 13.2 Å². The van der Waals surface area contributed by atoms with Crippen LogP contribution in [0.3, 0.4) is 0 Å². The standard InChI is InChI=1S/C10H12ClN3O3S/c1-7-3-13-9(4-12-7)14-5-8(2-10(14)15)6-18(11,16)17/h3-4,8H,2,5-6H2,1H3. The normalized spacial score (nSPS) is 20.4. The van der Waals surface area contributed by atoms with E-state index >= 15 is 0 Å². The minimum absolute atomic E-state index is 0.154. The number of rotatable bonds is 3. The topological polar surface area (TPSA) is 80.2 Å². The third-order valence-corrected chi connectivity index (χ3v) is 3.93. The van der Waals surface area contributed by atoms with Crippen molar-refractivity contribution in [2.24, 2.45) is 5.92 Å². The summed E-state index contributed by atoms with van der Waals surface area (Å²) in [5.74, 6) is -0.197. The third-order valence-electron chi connectivity index (χ3n) is 2.68. The molecule has 98 valence electrons. The molecule has 0 radical (unpaired) electrons. The first-order chi connectivity index (χ1) is 8.35. The van der Waals surface area contributed by atoms with Crippen molar-refractivity contribution in [2.75, 3.05) is 17.2 Å². The van der Waals surface area contributed by atoms with Crippen molar-refractivity contribution in [3.63, 3.8) is 0 Å². The van der Waals surface area contributed by atoms with Crippen LogP contribution in [0.5, 0.6) is 0 Å². The smallest absolute Gasteiger partial charge is 0.232 e. The van der Waals surface area contributed by atoms with E-state index in [1.807, 2.05) is 0 Å². The molecule has 0 aromatic carbocycles. The lowest BCUT2D eigenvalue weighted by Gasteiger charge is -2.14. The minimum Gasteiger partial charge on any atom is -0.295 e. The molecule has 1 fully saturated rings. The second-order valence-corrected chi connectivity index (χ2v) is 7.12. The number of hydrogen-bond donors (Lipinski definition) is 0. The van der Waals surface area contributed by atoms with Crippen LogP contribution in [0.1, 0.15) is 12.1 Å². The summed E-state index contributed by atoms with van der Waals surface area (Å²) in [6.07, 6.45) is 3.24. The van der Waals surface area contributed by atoms with Gasteiger partial charge in [0.05, 0.1) is 23.8 Å². The summed E-state index contributed by atoms with van der Waals surface area (Å²) in [6.45, 7) is 2.11. The number of hydrogen-bond acceptors (Lipinski definition) is 5. The Labute approximate surface area is 109 Å². The van der Waals surface area contributed by atoms with E-state index < -0.39 is 9.05 Å². The van der Waals surface area contributed by atoms with Crippen LogP contribution in [-0.2, 0) is 13.8 Å². The van der Waals surface area contributed by atoms with Gasteiger partial charge in [0.25, 0.3) is 0 Å². The molecule has 1 unspecified atom stereocenters. The molecule has 0 N–H and O–H groups in total. The molecule has 1 amide bonds. The number of carbonyl (C=O) groups excluding carboxylic acids is 1. The predicted octanol–water partition coefficient (Wildman–Crippen LogP) is 0.707. The second-order valence-electron chi connectivity index (χ2n) is 4.30. The maximum absolute atomic E-state index is 11.8. The molecule has 2 heterocycles. The van der Waals surface area contributed by atoms with Gasteiger partial charge in [-0.05, 0) is 6.92 Å². The number of halogens is 1. The molecule has 1 aliphatic heterocycles. The van der Waals surface area contributed by atoms with Crippen molar-refractivity contribution in [3.8, 4) is 0 Å². The maximum Gasteiger partial charge on any atom is 0.232 e. The number of carbonyl (C=O) groups is 1. The van der Waals surface area contributed by atoms with E-state index in [0.29, 0.717) is 12.4 Å². The first-order valence-corrected chi connectivity index (χ1v) is 7.84. The van der Waals surface area contributed by atoms with Crippen LogP contribution in [0.2, 0.25) is 0 Å². The third kappa shape index (κ3) is 3.17. The summed E-state index contributed by atoms with van der Waals surface area (Å²) < 4.78 is 22.0. The Morgan fingerprint density at radius 1 is 1.44 bits per heavy atom. The Morgan fingerprint density at radius 3 is 2.72 bits per heavy atom. The molecule has 1 saturated heterocycles. The van der Waals surface area contributed by atoms with Crippen LogP contribution in [0.15, 0.2) is 12.4 Å². The van der Waals surface area contributed by atoms with Crippen LogP contribution in [0, 0.1) is 12.8 Å². The monoisotopic (exact) mass is 289 g/mol. The summed E-state index contributed by atoms with van der Waals surface area (Å²) in [5.41, 5.74) is 0.755. The predicted molar refractivity (Wildman–Crippen MR) is 66.9 cm³/mol. The zero-order chi connectivity index (χ0) is 13.3. The Hall–Kier alpha value is -1.21. The number of anilines is 1. The van der Waals surface area contributed by atoms with Gasteiger partial charge in [-0.25, -0.2) is 13.4 Å². The quantitative estimate of drug-likeness (QED) is 0.766. The fraction of sp³-hybridized carbons (Fsp3) is 0.500. The Bertz CT molecular complexity index is 558. The molecule has 8 heteroatoms. The van der Waals surface area contributed by atoms with E-state index in [0.717, 1.165) is 5.69 Å². The van der Waals surface area contributed by atoms with Gasteiger partial charge in [0.1, 0.15) is 0 Å². The van der Waals surface area contributed by atoms with Gasteiger partial charge in [0.2, 0.25) is 15.0 Å². The van der Waals surface area contributed by atoms with Gasteiger partial charge in [0, 0.05) is 29.6 Å². The zero-order valence-corrected chi connectivity index (χ0v) is 11.3. The first-order valence-electron chi connectivity index (χ1n) is 5.36. The molecule has 1 aliphatic rings. The van der Waals surface area contributed by atoms with Crippen molar-refractivity contribution in [1.29, 1.82) is 0 Å². The summed E-state index contributed by atoms with van der Waals surface area (Å²) in [4.78, 5) is 21.4. The Balaban J connectivity index is 2.12. The van der Waals surface area contributed by atoms with Gasteiger partial charge < -0.3 is 0 Å². The lowest BCUT2D eigenvalue weighted by molar-refractivity contribution is -0.117. The maximum atomic E-state index is 11.8. The van der Waals surface area contributed by atoms with Gasteiger partial charge in [-0.2, -0.15) is 0 Å². The highest BCUT2D eigenvalue weighted by Crippen LogP contribution is 2.24. The van der Waals surface area contributed by atoms with Crippen LogP contribution < -0.4 is 4.90 Å². The van der Waals surface area contributed by atoms with E-state index in [9.17, 15) is 13.2 Å². The van der Waals surface area contributed by atoms with E-state index in [1.165, 1.54) is 11.1 Å². The highest BCUT2D eigenvalue weighted by molar-refractivity contribution is 8.13. The van der Waals surface area contributed by atoms with E-state index in [2.05, 4.69) is 9.97 Å². The molecule has 2 rings (SSSR count). The molecule has 0 saturated carbocycles. The SMILES string of the molecule is Cc1cnc(N2CC(CS(=O)(=O)Cl)CC2=O)cn1. The van der Waals surface area contributed by atoms with Gasteiger partial charge in [-0.3, -0.25) is 14.7 Å². The Morgan fingerprint density at radius 2 is 2.17 bits per heavy atom. The lowest BCUT2D eigenvalue weighted by atomic mass is 10.1. The van der Waals surface area contributed by atoms with E-state index in [1.54, 1.807) is 13.1 Å². The summed E-state index contributed by atoms with van der Waals surface area (Å²) >= 11 is 0. The molecule has 18 heavy (non-hydrogen) atoms. The molecule has 1 aromatic heterocycles. The molecule has 0 spiro atoms. The average molecular weight is 290 g/mol. The molecule has 1 atom stereocenters. The number of nitrogens with zero attached hydrogens (tertiary/aromatic N) is 3. The largest absolute Gasteiger partial charge is 0.295 e. The minimum atomic E-state index is -3.59. The lowest BCUT2D eigenvalue weighted by Crippen LogP contribution is -2.26. The van der Waals surface area contributed by atoms with Crippen molar-refractivity contribution in [3.05, 3.63) is 18.1 Å². The Kier molecular flexibility index (Phi) is 3.54. The highest BCUT2D eigenvalue weighted by Gasteiger charge is 2.33. The number of aryl methyl sites for hydroxylation is 1. The van der Waals surface area contributed by atoms with Gasteiger partial charge in [-0.1, -0.05) is 0 Å². The van der Waals surface area contributed by atoms with Crippen molar-refractivity contribution in [2.45, 2.75) is 13.3 Å². The number of aromatic nitrogens is 2. The fourth-order valence-electron chi connectivity index (χ4n) is 1.92. The van der Waals surface area contributed by atoms with Crippen LogP contribution >= 0.6 is 10.7 Å². The first kappa shape index (κ1) is 13.2. The van der Waals surface area contributed by atoms with Crippen molar-refractivity contribution >= 4 is 31.5 Å². The van der Waals surface area contributed by atoms with E-state index in [4.69, 9.17) is 10.7 Å². The molecular formula is C10H12ClN3O3S. The van der Waals surface area contributed by atoms with Gasteiger partial charge in [-0.15, -0.1) is 0 Å². The second kappa shape index (κ2) is 4.81. The molecule has 0 aliphatic carbocycles. The van der Waals surface area contributed by atoms with Crippen LogP contribution in [-0.4, -0.2) is 36.6 Å². The zero-order valence-electron chi connectivity index (χ0n) is 9.71. The molecule has 1 aromatic rings. The molecule has 0 bridgehead atoms. The average Bonchev–Trinajstić information content (AvgIpc) is 2.58. The van der Waals surface area contributed by atoms with Crippen molar-refractivity contribution in [1.82, 2.24) is 9.97 Å². The summed E-state index contributed by atoms with van der Waals surface area (Å²) in [5, 5.41) is 0. The number of amides is 1. The summed E-state index contributed by atoms with van der Waals surface area (Å²) in [7, 11) is 1.60. The molecule has 6 nitrogen and oxygen atoms in total. The van der Waals surface area contributed by atoms with E-state index in [-0.39, 0.29) is 24.0 Å². The van der Waals surface area contributed by atoms with Crippen LogP contribution in [0.4, 0.5) is 5.82 Å². The molecular weight excluding hydrogens is 278 g/mol.